The van der Waals surface area contributed by atoms with Crippen LogP contribution in [0.5, 0.6) is 0 Å². The molecule has 1 saturated heterocycles. The van der Waals surface area contributed by atoms with Gasteiger partial charge in [0.2, 0.25) is 11.8 Å². The molecule has 1 aliphatic heterocycles. The summed E-state index contributed by atoms with van der Waals surface area (Å²) >= 11 is 0. The lowest BCUT2D eigenvalue weighted by Crippen LogP contribution is -2.41. The summed E-state index contributed by atoms with van der Waals surface area (Å²) in [5.74, 6) is 0.390. The number of hydrogen-bond donors (Lipinski definition) is 0. The van der Waals surface area contributed by atoms with Crippen LogP contribution in [0, 0.1) is 5.92 Å². The fourth-order valence-electron chi connectivity index (χ4n) is 1.64. The van der Waals surface area contributed by atoms with Crippen molar-refractivity contribution in [1.29, 1.82) is 0 Å². The van der Waals surface area contributed by atoms with E-state index in [9.17, 15) is 9.59 Å². The molecule has 2 amide bonds. The molecule has 3 nitrogen and oxygen atoms in total. The number of amides is 2. The molecule has 0 N–H and O–H groups in total. The monoisotopic (exact) mass is 183 g/mol. The molecule has 0 radical (unpaired) electrons. The van der Waals surface area contributed by atoms with Crippen LogP contribution in [0.4, 0.5) is 0 Å². The van der Waals surface area contributed by atoms with Crippen LogP contribution in [0.15, 0.2) is 0 Å². The Morgan fingerprint density at radius 2 is 1.69 bits per heavy atom. The Morgan fingerprint density at radius 3 is 2.08 bits per heavy atom. The van der Waals surface area contributed by atoms with E-state index in [-0.39, 0.29) is 17.9 Å². The first-order valence-electron chi connectivity index (χ1n) is 4.92. The van der Waals surface area contributed by atoms with Gasteiger partial charge in [0.1, 0.15) is 0 Å². The van der Waals surface area contributed by atoms with Gasteiger partial charge >= 0.3 is 0 Å². The summed E-state index contributed by atoms with van der Waals surface area (Å²) in [7, 11) is 0. The third-order valence-electron chi connectivity index (χ3n) is 2.96. The SMILES string of the molecule is CCC(C)C(C)N1C(=O)CCC1=O. The van der Waals surface area contributed by atoms with Crippen LogP contribution in [0.2, 0.25) is 0 Å². The maximum atomic E-state index is 11.4. The zero-order valence-electron chi connectivity index (χ0n) is 8.54. The van der Waals surface area contributed by atoms with Crippen LogP contribution in [0.3, 0.4) is 0 Å². The number of nitrogens with zero attached hydrogens (tertiary/aromatic N) is 1. The number of carbonyl (C=O) groups is 2. The molecule has 0 bridgehead atoms. The lowest BCUT2D eigenvalue weighted by Gasteiger charge is -2.27. The van der Waals surface area contributed by atoms with E-state index in [0.29, 0.717) is 18.8 Å². The molecule has 1 rings (SSSR count). The van der Waals surface area contributed by atoms with Gasteiger partial charge in [-0.15, -0.1) is 0 Å². The van der Waals surface area contributed by atoms with Gasteiger partial charge in [-0.25, -0.2) is 0 Å². The fraction of sp³-hybridized carbons (Fsp3) is 0.800. The predicted octanol–water partition coefficient (Wildman–Crippen LogP) is 1.57. The lowest BCUT2D eigenvalue weighted by atomic mass is 10.00. The molecule has 0 aliphatic carbocycles. The highest BCUT2D eigenvalue weighted by atomic mass is 16.2. The Balaban J connectivity index is 2.69. The first-order chi connectivity index (χ1) is 6.07. The van der Waals surface area contributed by atoms with E-state index >= 15 is 0 Å². The Kier molecular flexibility index (Phi) is 3.07. The molecular weight excluding hydrogens is 166 g/mol. The molecule has 2 unspecified atom stereocenters. The molecule has 1 aliphatic rings. The molecule has 0 spiro atoms. The van der Waals surface area contributed by atoms with E-state index in [4.69, 9.17) is 0 Å². The standard InChI is InChI=1S/C10H17NO2/c1-4-7(2)8(3)11-9(12)5-6-10(11)13/h7-8H,4-6H2,1-3H3. The lowest BCUT2D eigenvalue weighted by molar-refractivity contribution is -0.141. The smallest absolute Gasteiger partial charge is 0.229 e. The van der Waals surface area contributed by atoms with E-state index in [1.807, 2.05) is 6.92 Å². The summed E-state index contributed by atoms with van der Waals surface area (Å²) in [5, 5.41) is 0. The number of hydrogen-bond acceptors (Lipinski definition) is 2. The molecule has 3 heteroatoms. The first kappa shape index (κ1) is 10.2. The second kappa shape index (κ2) is 3.90. The van der Waals surface area contributed by atoms with Gasteiger partial charge in [0.25, 0.3) is 0 Å². The maximum Gasteiger partial charge on any atom is 0.229 e. The number of imide groups is 1. The topological polar surface area (TPSA) is 37.4 Å². The highest BCUT2D eigenvalue weighted by Crippen LogP contribution is 2.21. The van der Waals surface area contributed by atoms with Crippen molar-refractivity contribution < 1.29 is 9.59 Å². The van der Waals surface area contributed by atoms with Gasteiger partial charge in [-0.1, -0.05) is 20.3 Å². The number of likely N-dealkylation sites (tertiary alicyclic amines) is 1. The molecule has 0 aromatic heterocycles. The zero-order chi connectivity index (χ0) is 10.0. The average Bonchev–Trinajstić information content (AvgIpc) is 2.44. The van der Waals surface area contributed by atoms with E-state index in [1.165, 1.54) is 4.90 Å². The third-order valence-corrected chi connectivity index (χ3v) is 2.96. The van der Waals surface area contributed by atoms with Crippen molar-refractivity contribution in [2.24, 2.45) is 5.92 Å². The van der Waals surface area contributed by atoms with E-state index in [1.54, 1.807) is 0 Å². The van der Waals surface area contributed by atoms with Crippen LogP contribution in [0.1, 0.15) is 40.0 Å². The molecular formula is C10H17NO2. The molecule has 0 aromatic carbocycles. The zero-order valence-corrected chi connectivity index (χ0v) is 8.54. The molecule has 1 heterocycles. The van der Waals surface area contributed by atoms with Crippen LogP contribution in [-0.2, 0) is 9.59 Å². The predicted molar refractivity (Wildman–Crippen MR) is 50.0 cm³/mol. The van der Waals surface area contributed by atoms with Crippen LogP contribution in [-0.4, -0.2) is 22.8 Å². The average molecular weight is 183 g/mol. The Labute approximate surface area is 79.1 Å². The molecule has 0 saturated carbocycles. The van der Waals surface area contributed by atoms with Gasteiger partial charge in [0, 0.05) is 18.9 Å². The minimum atomic E-state index is -0.00204. The quantitative estimate of drug-likeness (QED) is 0.623. The van der Waals surface area contributed by atoms with Crippen molar-refractivity contribution in [2.75, 3.05) is 0 Å². The van der Waals surface area contributed by atoms with Crippen molar-refractivity contribution >= 4 is 11.8 Å². The highest BCUT2D eigenvalue weighted by Gasteiger charge is 2.34. The largest absolute Gasteiger partial charge is 0.280 e. The van der Waals surface area contributed by atoms with Crippen molar-refractivity contribution in [1.82, 2.24) is 4.90 Å². The molecule has 1 fully saturated rings. The summed E-state index contributed by atoms with van der Waals surface area (Å²) in [6, 6.07) is 0.0625. The summed E-state index contributed by atoms with van der Waals surface area (Å²) < 4.78 is 0. The van der Waals surface area contributed by atoms with Gasteiger partial charge in [0.15, 0.2) is 0 Å². The highest BCUT2D eigenvalue weighted by molar-refractivity contribution is 6.02. The van der Waals surface area contributed by atoms with Crippen LogP contribution < -0.4 is 0 Å². The first-order valence-corrected chi connectivity index (χ1v) is 4.92. The summed E-state index contributed by atoms with van der Waals surface area (Å²) in [6.07, 6.45) is 1.80. The van der Waals surface area contributed by atoms with Crippen LogP contribution in [0.25, 0.3) is 0 Å². The Morgan fingerprint density at radius 1 is 1.23 bits per heavy atom. The second-order valence-corrected chi connectivity index (χ2v) is 3.78. The van der Waals surface area contributed by atoms with Gasteiger partial charge in [-0.05, 0) is 12.8 Å². The van der Waals surface area contributed by atoms with Crippen molar-refractivity contribution in [3.8, 4) is 0 Å². The van der Waals surface area contributed by atoms with Gasteiger partial charge < -0.3 is 0 Å². The second-order valence-electron chi connectivity index (χ2n) is 3.78. The fourth-order valence-corrected chi connectivity index (χ4v) is 1.64. The third kappa shape index (κ3) is 1.90. The molecule has 74 valence electrons. The van der Waals surface area contributed by atoms with Crippen molar-refractivity contribution in [2.45, 2.75) is 46.1 Å². The maximum absolute atomic E-state index is 11.4. The Hall–Kier alpha value is -0.860. The van der Waals surface area contributed by atoms with Gasteiger partial charge in [-0.3, -0.25) is 14.5 Å². The minimum absolute atomic E-state index is 0.00204. The molecule has 0 aromatic rings. The van der Waals surface area contributed by atoms with Crippen molar-refractivity contribution in [3.05, 3.63) is 0 Å². The summed E-state index contributed by atoms with van der Waals surface area (Å²) in [5.41, 5.74) is 0. The van der Waals surface area contributed by atoms with E-state index in [0.717, 1.165) is 6.42 Å². The van der Waals surface area contributed by atoms with Crippen LogP contribution >= 0.6 is 0 Å². The van der Waals surface area contributed by atoms with Crippen molar-refractivity contribution in [3.63, 3.8) is 0 Å². The normalized spacial score (nSPS) is 22.2. The number of rotatable bonds is 3. The van der Waals surface area contributed by atoms with Gasteiger partial charge in [-0.2, -0.15) is 0 Å². The van der Waals surface area contributed by atoms with Gasteiger partial charge in [0.05, 0.1) is 0 Å². The number of carbonyl (C=O) groups excluding carboxylic acids is 2. The molecule has 2 atom stereocenters. The minimum Gasteiger partial charge on any atom is -0.280 e. The van der Waals surface area contributed by atoms with E-state index in [2.05, 4.69) is 13.8 Å². The Bertz CT molecular complexity index is 209. The molecule has 13 heavy (non-hydrogen) atoms. The summed E-state index contributed by atoms with van der Waals surface area (Å²) in [4.78, 5) is 24.1. The summed E-state index contributed by atoms with van der Waals surface area (Å²) in [6.45, 7) is 6.10. The van der Waals surface area contributed by atoms with E-state index < -0.39 is 0 Å².